The zero-order valence-corrected chi connectivity index (χ0v) is 30.9. The fraction of sp³-hybridized carbons (Fsp3) is 0.848. The van der Waals surface area contributed by atoms with Crippen molar-refractivity contribution in [3.63, 3.8) is 0 Å². The van der Waals surface area contributed by atoms with Crippen LogP contribution in [0.2, 0.25) is 0 Å². The Labute approximate surface area is 285 Å². The van der Waals surface area contributed by atoms with Crippen molar-refractivity contribution in [3.8, 4) is 0 Å². The maximum absolute atomic E-state index is 14.4. The zero-order chi connectivity index (χ0) is 36.1. The molecule has 5 amide bonds. The second-order valence-electron chi connectivity index (χ2n) is 17.1. The van der Waals surface area contributed by atoms with Crippen LogP contribution in [-0.2, 0) is 29.4 Å². The Bertz CT molecular complexity index is 1400. The van der Waals surface area contributed by atoms with Gasteiger partial charge in [-0.3, -0.25) is 19.2 Å². The number of nitrogens with two attached hydrogens (primary N) is 1. The number of hydrogen-bond donors (Lipinski definition) is 4. The Balaban J connectivity index is 1.53. The van der Waals surface area contributed by atoms with Gasteiger partial charge < -0.3 is 26.6 Å². The lowest BCUT2D eigenvalue weighted by Gasteiger charge is -2.40. The third-order valence-corrected chi connectivity index (χ3v) is 13.1. The molecule has 2 aliphatic heterocycles. The van der Waals surface area contributed by atoms with Gasteiger partial charge in [0.1, 0.15) is 12.1 Å². The van der Waals surface area contributed by atoms with E-state index in [1.807, 2.05) is 55.4 Å². The van der Waals surface area contributed by atoms with Gasteiger partial charge in [0.25, 0.3) is 16.1 Å². The number of Topliss-reactive ketones (excluding diaryl/α,β-unsaturated/α-hetero) is 1. The molecule has 4 rings (SSSR count). The number of carbonyl (C=O) groups is 5. The fourth-order valence-electron chi connectivity index (χ4n) is 7.50. The number of likely N-dealkylation sites (tertiary alicyclic amines) is 1. The molecule has 2 saturated carbocycles. The lowest BCUT2D eigenvalue weighted by molar-refractivity contribution is -0.145. The van der Waals surface area contributed by atoms with Gasteiger partial charge in [0.2, 0.25) is 17.6 Å². The lowest BCUT2D eigenvalue weighted by atomic mass is 9.80. The van der Waals surface area contributed by atoms with Crippen LogP contribution in [0.15, 0.2) is 0 Å². The molecular formula is C33H57N7O7S. The summed E-state index contributed by atoms with van der Waals surface area (Å²) in [7, 11) is -2.13. The van der Waals surface area contributed by atoms with Crippen LogP contribution in [0.3, 0.4) is 0 Å². The van der Waals surface area contributed by atoms with E-state index in [4.69, 9.17) is 5.73 Å². The summed E-state index contributed by atoms with van der Waals surface area (Å²) in [6.45, 7) is 16.4. The van der Waals surface area contributed by atoms with Crippen molar-refractivity contribution in [1.82, 2.24) is 29.5 Å². The summed E-state index contributed by atoms with van der Waals surface area (Å²) in [4.78, 5) is 68.1. The van der Waals surface area contributed by atoms with Gasteiger partial charge in [0.05, 0.1) is 6.04 Å². The first-order valence-corrected chi connectivity index (χ1v) is 18.6. The number of ketones is 1. The van der Waals surface area contributed by atoms with Crippen molar-refractivity contribution in [3.05, 3.63) is 0 Å². The second-order valence-corrected chi connectivity index (χ2v) is 19.1. The van der Waals surface area contributed by atoms with E-state index < -0.39 is 74.7 Å². The number of hydrogen-bond acceptors (Lipinski definition) is 7. The maximum Gasteiger partial charge on any atom is 0.315 e. The number of primary amides is 1. The molecule has 4 fully saturated rings. The Hall–Kier alpha value is -2.78. The second kappa shape index (κ2) is 13.5. The summed E-state index contributed by atoms with van der Waals surface area (Å²) in [5, 5.41) is 8.59. The van der Waals surface area contributed by atoms with Crippen LogP contribution in [0.1, 0.15) is 87.5 Å². The number of urea groups is 1. The third-order valence-electron chi connectivity index (χ3n) is 11.2. The van der Waals surface area contributed by atoms with Crippen LogP contribution < -0.4 is 21.7 Å². The number of amides is 5. The van der Waals surface area contributed by atoms with Gasteiger partial charge in [-0.1, -0.05) is 74.7 Å². The molecule has 0 spiro atoms. The lowest BCUT2D eigenvalue weighted by Crippen LogP contribution is -2.63. The average Bonchev–Trinajstić information content (AvgIpc) is 3.25. The first-order chi connectivity index (χ1) is 22.0. The molecule has 48 heavy (non-hydrogen) atoms. The Kier molecular flexibility index (Phi) is 10.7. The van der Waals surface area contributed by atoms with Gasteiger partial charge in [-0.15, -0.1) is 0 Å². The van der Waals surface area contributed by atoms with Crippen molar-refractivity contribution in [2.75, 3.05) is 33.2 Å². The first-order valence-electron chi connectivity index (χ1n) is 17.2. The summed E-state index contributed by atoms with van der Waals surface area (Å²) in [5.41, 5.74) is 3.85. The van der Waals surface area contributed by atoms with E-state index in [0.717, 1.165) is 19.3 Å². The van der Waals surface area contributed by atoms with E-state index in [1.165, 1.54) is 20.6 Å². The first kappa shape index (κ1) is 38.0. The highest BCUT2D eigenvalue weighted by Crippen LogP contribution is 2.65. The van der Waals surface area contributed by atoms with Crippen LogP contribution in [0.5, 0.6) is 0 Å². The van der Waals surface area contributed by atoms with Gasteiger partial charge in [-0.2, -0.15) is 17.0 Å². The van der Waals surface area contributed by atoms with Crippen LogP contribution in [0.4, 0.5) is 4.79 Å². The molecule has 4 aliphatic rings. The van der Waals surface area contributed by atoms with Crippen molar-refractivity contribution < 1.29 is 32.4 Å². The largest absolute Gasteiger partial charge is 0.363 e. The van der Waals surface area contributed by atoms with Crippen LogP contribution in [-0.4, -0.2) is 109 Å². The van der Waals surface area contributed by atoms with E-state index in [1.54, 1.807) is 0 Å². The number of nitrogens with zero attached hydrogens (tertiary/aromatic N) is 3. The van der Waals surface area contributed by atoms with E-state index in [9.17, 15) is 32.4 Å². The maximum atomic E-state index is 14.4. The third kappa shape index (κ3) is 7.83. The smallest absolute Gasteiger partial charge is 0.315 e. The Morgan fingerprint density at radius 1 is 0.917 bits per heavy atom. The predicted octanol–water partition coefficient (Wildman–Crippen LogP) is 1.21. The molecule has 2 unspecified atom stereocenters. The minimum absolute atomic E-state index is 0.0541. The highest BCUT2D eigenvalue weighted by Gasteiger charge is 2.70. The Morgan fingerprint density at radius 2 is 1.54 bits per heavy atom. The van der Waals surface area contributed by atoms with Crippen molar-refractivity contribution >= 4 is 39.7 Å². The average molecular weight is 696 g/mol. The molecule has 0 aromatic heterocycles. The number of piperidine rings is 1. The summed E-state index contributed by atoms with van der Waals surface area (Å²) in [6, 6.07) is -4.18. The summed E-state index contributed by atoms with van der Waals surface area (Å²) < 4.78 is 28.6. The van der Waals surface area contributed by atoms with Gasteiger partial charge >= 0.3 is 6.03 Å². The SMILES string of the molecule is CN1CCCN(C[C@@H](NC(=O)N[C@H](C(=O)N2C[C@H]3[C@@H](C2C(=O)NC(CC2CCC2)C(=O)C(N)=O)C3(C)C)C(C)(C)C)C(C)(C)C)S1(=O)=O. The van der Waals surface area contributed by atoms with E-state index in [-0.39, 0.29) is 29.7 Å². The molecule has 0 aromatic carbocycles. The number of fused-ring (bicyclic) bond motifs is 1. The van der Waals surface area contributed by atoms with E-state index in [2.05, 4.69) is 16.0 Å². The van der Waals surface area contributed by atoms with Gasteiger partial charge in [0.15, 0.2) is 0 Å². The molecule has 2 aliphatic carbocycles. The number of nitrogens with one attached hydrogen (secondary N) is 3. The molecular weight excluding hydrogens is 638 g/mol. The normalized spacial score (nSPS) is 27.5. The highest BCUT2D eigenvalue weighted by molar-refractivity contribution is 7.86. The molecule has 0 aromatic rings. The van der Waals surface area contributed by atoms with Crippen LogP contribution in [0.25, 0.3) is 0 Å². The minimum atomic E-state index is -3.66. The van der Waals surface area contributed by atoms with Gasteiger partial charge in [0, 0.05) is 39.3 Å². The molecule has 0 bridgehead atoms. The van der Waals surface area contributed by atoms with Crippen molar-refractivity contribution in [1.29, 1.82) is 0 Å². The van der Waals surface area contributed by atoms with Gasteiger partial charge in [-0.05, 0) is 46.8 Å². The van der Waals surface area contributed by atoms with E-state index in [0.29, 0.717) is 32.5 Å². The fourth-order valence-corrected chi connectivity index (χ4v) is 8.95. The highest BCUT2D eigenvalue weighted by atomic mass is 32.2. The van der Waals surface area contributed by atoms with Crippen molar-refractivity contribution in [2.45, 2.75) is 112 Å². The quantitative estimate of drug-likeness (QED) is 0.234. The van der Waals surface area contributed by atoms with E-state index >= 15 is 0 Å². The predicted molar refractivity (Wildman–Crippen MR) is 180 cm³/mol. The molecule has 0 radical (unpaired) electrons. The Morgan fingerprint density at radius 3 is 2.06 bits per heavy atom. The summed E-state index contributed by atoms with van der Waals surface area (Å²) in [5.74, 6) is -2.77. The number of carbonyl (C=O) groups excluding carboxylic acids is 5. The van der Waals surface area contributed by atoms with Gasteiger partial charge in [-0.25, -0.2) is 4.79 Å². The topological polar surface area (TPSA) is 191 Å². The summed E-state index contributed by atoms with van der Waals surface area (Å²) in [6.07, 6.45) is 3.83. The van der Waals surface area contributed by atoms with Crippen molar-refractivity contribution in [2.24, 2.45) is 39.7 Å². The monoisotopic (exact) mass is 695 g/mol. The zero-order valence-electron chi connectivity index (χ0n) is 30.1. The minimum Gasteiger partial charge on any atom is -0.363 e. The molecule has 2 heterocycles. The molecule has 15 heteroatoms. The molecule has 14 nitrogen and oxygen atoms in total. The van der Waals surface area contributed by atoms with Crippen LogP contribution >= 0.6 is 0 Å². The molecule has 6 atom stereocenters. The molecule has 5 N–H and O–H groups in total. The van der Waals surface area contributed by atoms with Crippen LogP contribution in [0, 0.1) is 34.0 Å². The number of rotatable bonds is 11. The summed E-state index contributed by atoms with van der Waals surface area (Å²) >= 11 is 0. The molecule has 2 saturated heterocycles. The standard InChI is InChI=1S/C33H57N7O7S/c1-31(2,3)22(18-39-15-11-14-38(9)48(39,46)47)36-30(45)37-26(32(4,5)6)29(44)40-17-20-23(33(20,7)8)24(40)28(43)35-21(25(41)27(34)42)16-19-12-10-13-19/h19-24,26H,10-18H2,1-9H3,(H2,34,42)(H,35,43)(H2,36,37,45)/t20-,21?,22+,23-,24?,26+/m0/s1. The molecule has 272 valence electrons.